The minimum absolute atomic E-state index is 0.0644. The molecule has 2 aliphatic rings. The number of aromatic nitrogens is 1. The maximum absolute atomic E-state index is 12.4. The molecule has 0 aliphatic carbocycles. The van der Waals surface area contributed by atoms with Gasteiger partial charge in [-0.3, -0.25) is 19.5 Å². The first kappa shape index (κ1) is 15.8. The van der Waals surface area contributed by atoms with Crippen LogP contribution in [0.25, 0.3) is 6.08 Å². The molecule has 1 fully saturated rings. The summed E-state index contributed by atoms with van der Waals surface area (Å²) >= 11 is 5.09. The quantitative estimate of drug-likeness (QED) is 0.372. The molecule has 3 heterocycles. The van der Waals surface area contributed by atoms with Crippen molar-refractivity contribution in [2.45, 2.75) is 6.92 Å². The third-order valence-electron chi connectivity index (χ3n) is 3.24. The van der Waals surface area contributed by atoms with Crippen molar-refractivity contribution in [2.75, 3.05) is 0 Å². The summed E-state index contributed by atoms with van der Waals surface area (Å²) in [5.74, 6) is -1.64. The number of thiocarbonyl (C=S) groups is 1. The number of pyridine rings is 1. The number of rotatable bonds is 2. The van der Waals surface area contributed by atoms with Crippen molar-refractivity contribution in [3.8, 4) is 0 Å². The van der Waals surface area contributed by atoms with Crippen molar-refractivity contribution in [3.05, 3.63) is 59.4 Å². The van der Waals surface area contributed by atoms with Crippen molar-refractivity contribution in [1.82, 2.24) is 15.2 Å². The van der Waals surface area contributed by atoms with E-state index in [1.54, 1.807) is 30.6 Å². The number of cyclic esters (lactones) is 1. The lowest BCUT2D eigenvalue weighted by atomic mass is 10.1. The second-order valence-corrected chi connectivity index (χ2v) is 5.39. The zero-order valence-corrected chi connectivity index (χ0v) is 13.3. The highest BCUT2D eigenvalue weighted by Gasteiger charge is 2.33. The molecular formula is C16H11N3O4S. The van der Waals surface area contributed by atoms with Gasteiger partial charge in [-0.05, 0) is 36.8 Å². The summed E-state index contributed by atoms with van der Waals surface area (Å²) in [4.78, 5) is 41.2. The lowest BCUT2D eigenvalue weighted by Crippen LogP contribution is -2.29. The molecule has 1 aromatic rings. The second-order valence-electron chi connectivity index (χ2n) is 5.00. The Balaban J connectivity index is 1.91. The van der Waals surface area contributed by atoms with Gasteiger partial charge in [0.25, 0.3) is 5.91 Å². The van der Waals surface area contributed by atoms with Gasteiger partial charge in [0, 0.05) is 24.7 Å². The highest BCUT2D eigenvalue weighted by Crippen LogP contribution is 2.19. The van der Waals surface area contributed by atoms with E-state index < -0.39 is 17.7 Å². The van der Waals surface area contributed by atoms with E-state index in [4.69, 9.17) is 17.0 Å². The summed E-state index contributed by atoms with van der Waals surface area (Å²) in [6.07, 6.45) is 7.04. The third-order valence-corrected chi connectivity index (χ3v) is 3.54. The third kappa shape index (κ3) is 2.99. The first-order chi connectivity index (χ1) is 11.5. The van der Waals surface area contributed by atoms with Gasteiger partial charge in [0.2, 0.25) is 0 Å². The summed E-state index contributed by atoms with van der Waals surface area (Å²) in [5.41, 5.74) is 0.659. The molecule has 1 aromatic heterocycles. The smallest absolute Gasteiger partial charge is 0.348 e. The van der Waals surface area contributed by atoms with Crippen LogP contribution in [0.5, 0.6) is 0 Å². The molecule has 7 nitrogen and oxygen atoms in total. The van der Waals surface area contributed by atoms with Crippen molar-refractivity contribution in [1.29, 1.82) is 0 Å². The molecule has 0 radical (unpaired) electrons. The minimum atomic E-state index is -0.819. The fraction of sp³-hybridized carbons (Fsp3) is 0.0625. The molecule has 120 valence electrons. The van der Waals surface area contributed by atoms with Crippen LogP contribution in [0.3, 0.4) is 0 Å². The molecular weight excluding hydrogens is 330 g/mol. The lowest BCUT2D eigenvalue weighted by Gasteiger charge is -2.14. The predicted octanol–water partition coefficient (Wildman–Crippen LogP) is 1.05. The maximum atomic E-state index is 12.4. The molecule has 0 aromatic carbocycles. The number of hydrogen-bond donors (Lipinski definition) is 1. The standard InChI is InChI=1S/C16H11N3O4S/c1-9-5-13(20)11(15(22)23-9)8-19-14(21)12(18-16(19)24)6-10-3-2-4-17-7-10/h2-8H,1H3,(H,18,24)/b11-8+,12-6-. The fourth-order valence-electron chi connectivity index (χ4n) is 2.13. The number of allylic oxidation sites excluding steroid dienone is 2. The molecule has 3 rings (SSSR count). The predicted molar refractivity (Wildman–Crippen MR) is 87.7 cm³/mol. The Morgan fingerprint density at radius 2 is 2.12 bits per heavy atom. The van der Waals surface area contributed by atoms with E-state index in [2.05, 4.69) is 10.3 Å². The number of carbonyl (C=O) groups is 3. The van der Waals surface area contributed by atoms with Crippen LogP contribution in [0.4, 0.5) is 0 Å². The van der Waals surface area contributed by atoms with Crippen molar-refractivity contribution in [3.63, 3.8) is 0 Å². The number of amides is 1. The Morgan fingerprint density at radius 3 is 2.79 bits per heavy atom. The van der Waals surface area contributed by atoms with Crippen LogP contribution < -0.4 is 5.32 Å². The Hall–Kier alpha value is -3.13. The van der Waals surface area contributed by atoms with Gasteiger partial charge in [-0.25, -0.2) is 4.79 Å². The normalized spacial score (nSPS) is 21.2. The fourth-order valence-corrected chi connectivity index (χ4v) is 2.38. The first-order valence-corrected chi connectivity index (χ1v) is 7.29. The number of ether oxygens (including phenoxy) is 1. The largest absolute Gasteiger partial charge is 0.427 e. The molecule has 0 bridgehead atoms. The Labute approximate surface area is 142 Å². The van der Waals surface area contributed by atoms with Gasteiger partial charge < -0.3 is 10.1 Å². The summed E-state index contributed by atoms with van der Waals surface area (Å²) in [5, 5.41) is 2.81. The minimum Gasteiger partial charge on any atom is -0.427 e. The van der Waals surface area contributed by atoms with Gasteiger partial charge in [-0.2, -0.15) is 0 Å². The molecule has 0 unspecified atom stereocenters. The van der Waals surface area contributed by atoms with Gasteiger partial charge >= 0.3 is 5.97 Å². The molecule has 1 N–H and O–H groups in total. The summed E-state index contributed by atoms with van der Waals surface area (Å²) in [6.45, 7) is 1.49. The van der Waals surface area contributed by atoms with Crippen LogP contribution in [0.1, 0.15) is 12.5 Å². The van der Waals surface area contributed by atoms with E-state index in [0.717, 1.165) is 11.1 Å². The molecule has 1 saturated heterocycles. The molecule has 0 spiro atoms. The summed E-state index contributed by atoms with van der Waals surface area (Å²) < 4.78 is 4.88. The number of nitrogens with zero attached hydrogens (tertiary/aromatic N) is 2. The first-order valence-electron chi connectivity index (χ1n) is 6.88. The number of carbonyl (C=O) groups excluding carboxylic acids is 3. The van der Waals surface area contributed by atoms with Crippen molar-refractivity contribution >= 4 is 41.1 Å². The monoisotopic (exact) mass is 341 g/mol. The Kier molecular flexibility index (Phi) is 4.05. The molecule has 8 heteroatoms. The van der Waals surface area contributed by atoms with Crippen LogP contribution in [-0.2, 0) is 19.1 Å². The zero-order valence-electron chi connectivity index (χ0n) is 12.5. The molecule has 24 heavy (non-hydrogen) atoms. The van der Waals surface area contributed by atoms with E-state index in [1.165, 1.54) is 13.0 Å². The van der Waals surface area contributed by atoms with Crippen LogP contribution in [-0.4, -0.2) is 32.7 Å². The molecule has 1 amide bonds. The summed E-state index contributed by atoms with van der Waals surface area (Å²) in [6, 6.07) is 3.50. The van der Waals surface area contributed by atoms with Crippen LogP contribution in [0.15, 0.2) is 53.8 Å². The maximum Gasteiger partial charge on any atom is 0.348 e. The van der Waals surface area contributed by atoms with E-state index in [0.29, 0.717) is 5.56 Å². The number of esters is 1. The van der Waals surface area contributed by atoms with E-state index >= 15 is 0 Å². The van der Waals surface area contributed by atoms with Gasteiger partial charge in [0.15, 0.2) is 10.9 Å². The number of hydrogen-bond acceptors (Lipinski definition) is 6. The van der Waals surface area contributed by atoms with Gasteiger partial charge in [-0.15, -0.1) is 0 Å². The van der Waals surface area contributed by atoms with Gasteiger partial charge in [0.05, 0.1) is 0 Å². The van der Waals surface area contributed by atoms with Crippen LogP contribution >= 0.6 is 12.2 Å². The van der Waals surface area contributed by atoms with Crippen LogP contribution in [0.2, 0.25) is 0 Å². The zero-order chi connectivity index (χ0) is 17.3. The second kappa shape index (κ2) is 6.17. The Morgan fingerprint density at radius 1 is 1.33 bits per heavy atom. The van der Waals surface area contributed by atoms with E-state index in [-0.39, 0.29) is 22.1 Å². The molecule has 0 saturated carbocycles. The van der Waals surface area contributed by atoms with Gasteiger partial charge in [0.1, 0.15) is 17.0 Å². The Bertz CT molecular complexity index is 855. The van der Waals surface area contributed by atoms with Crippen molar-refractivity contribution in [2.24, 2.45) is 0 Å². The van der Waals surface area contributed by atoms with E-state index in [1.807, 2.05) is 0 Å². The lowest BCUT2D eigenvalue weighted by molar-refractivity contribution is -0.137. The average Bonchev–Trinajstić information content (AvgIpc) is 2.78. The highest BCUT2D eigenvalue weighted by molar-refractivity contribution is 7.80. The topological polar surface area (TPSA) is 88.6 Å². The van der Waals surface area contributed by atoms with E-state index in [9.17, 15) is 14.4 Å². The van der Waals surface area contributed by atoms with Crippen LogP contribution in [0, 0.1) is 0 Å². The molecule has 0 atom stereocenters. The number of nitrogens with one attached hydrogen (secondary N) is 1. The summed E-state index contributed by atoms with van der Waals surface area (Å²) in [7, 11) is 0. The average molecular weight is 341 g/mol. The van der Waals surface area contributed by atoms with Gasteiger partial charge in [-0.1, -0.05) is 6.07 Å². The number of ketones is 1. The molecule has 2 aliphatic heterocycles. The van der Waals surface area contributed by atoms with Crippen molar-refractivity contribution < 1.29 is 19.1 Å². The SMILES string of the molecule is CC1=CC(=O)/C(=C\N2C(=O)/C(=C/c3cccnc3)NC2=S)C(=O)O1. The highest BCUT2D eigenvalue weighted by atomic mass is 32.1.